The number of aliphatic carboxylic acids is 1. The van der Waals surface area contributed by atoms with Crippen molar-refractivity contribution in [2.75, 3.05) is 12.4 Å². The largest absolute Gasteiger partial charge is 0.573 e. The van der Waals surface area contributed by atoms with E-state index in [0.29, 0.717) is 28.6 Å². The fourth-order valence-electron chi connectivity index (χ4n) is 5.63. The molecule has 3 aromatic rings. The average Bonchev–Trinajstić information content (AvgIpc) is 3.17. The van der Waals surface area contributed by atoms with Gasteiger partial charge in [-0.15, -0.1) is 13.2 Å². The Labute approximate surface area is 228 Å². The smallest absolute Gasteiger partial charge is 0.480 e. The number of alkyl halides is 3. The van der Waals surface area contributed by atoms with E-state index in [1.807, 2.05) is 4.57 Å². The Balaban J connectivity index is 1.78. The topological polar surface area (TPSA) is 96.7 Å². The first-order chi connectivity index (χ1) is 18.5. The summed E-state index contributed by atoms with van der Waals surface area (Å²) in [5.74, 6) is -2.51. The van der Waals surface area contributed by atoms with Crippen LogP contribution in [0.4, 0.5) is 29.2 Å². The van der Waals surface area contributed by atoms with E-state index in [4.69, 9.17) is 0 Å². The maximum atomic E-state index is 15.4. The Kier molecular flexibility index (Phi) is 7.75. The number of hydrogen-bond acceptors (Lipinski definition) is 5. The van der Waals surface area contributed by atoms with E-state index in [1.165, 1.54) is 50.4 Å². The van der Waals surface area contributed by atoms with Crippen LogP contribution in [0.3, 0.4) is 0 Å². The van der Waals surface area contributed by atoms with Gasteiger partial charge in [0.1, 0.15) is 17.6 Å². The van der Waals surface area contributed by atoms with Gasteiger partial charge in [-0.05, 0) is 67.9 Å². The van der Waals surface area contributed by atoms with Gasteiger partial charge < -0.3 is 24.6 Å². The molecule has 1 aromatic heterocycles. The molecule has 0 saturated heterocycles. The van der Waals surface area contributed by atoms with E-state index >= 15 is 4.39 Å². The molecule has 4 rings (SSSR count). The van der Waals surface area contributed by atoms with E-state index < -0.39 is 30.1 Å². The SMILES string of the molecule is C[C@H]1CC(n2c(Nc3ccc(OC(F)(F)F)cc3)nc3cc(C(=O)N(C)[C@@H](C)C(=O)O)c(F)cc32)CC(C)(C)C1. The maximum Gasteiger partial charge on any atom is 0.573 e. The number of carboxylic acids is 1. The summed E-state index contributed by atoms with van der Waals surface area (Å²) in [6.45, 7) is 7.80. The summed E-state index contributed by atoms with van der Waals surface area (Å²) in [5, 5.41) is 12.4. The minimum absolute atomic E-state index is 0.00306. The standard InChI is InChI=1S/C28H32F4N4O4/c1-15-10-18(14-27(3,4)13-15)36-23-12-21(29)20(24(37)35(5)16(2)25(38)39)11-22(23)34-26(36)33-17-6-8-19(9-7-17)40-28(30,31)32/h6-9,11-12,15-16,18H,10,13-14H2,1-5H3,(H,33,34)(H,38,39)/t15-,16-,18?/m0/s1. The zero-order valence-electron chi connectivity index (χ0n) is 22.8. The quantitative estimate of drug-likeness (QED) is 0.308. The number of amides is 1. The predicted octanol–water partition coefficient (Wildman–Crippen LogP) is 6.75. The molecule has 1 saturated carbocycles. The molecule has 1 aliphatic carbocycles. The number of fused-ring (bicyclic) bond motifs is 1. The first-order valence-corrected chi connectivity index (χ1v) is 12.9. The van der Waals surface area contributed by atoms with E-state index in [0.717, 1.165) is 24.2 Å². The monoisotopic (exact) mass is 564 g/mol. The highest BCUT2D eigenvalue weighted by molar-refractivity contribution is 5.99. The third kappa shape index (κ3) is 6.31. The van der Waals surface area contributed by atoms with Crippen molar-refractivity contribution in [3.63, 3.8) is 0 Å². The number of carboxylic acid groups (broad SMARTS) is 1. The Morgan fingerprint density at radius 3 is 2.42 bits per heavy atom. The van der Waals surface area contributed by atoms with Gasteiger partial charge in [0, 0.05) is 24.8 Å². The van der Waals surface area contributed by atoms with E-state index in [-0.39, 0.29) is 22.8 Å². The number of carbonyl (C=O) groups excluding carboxylic acids is 1. The van der Waals surface area contributed by atoms with Crippen LogP contribution in [0.2, 0.25) is 0 Å². The third-order valence-corrected chi connectivity index (χ3v) is 7.34. The molecule has 1 fully saturated rings. The van der Waals surface area contributed by atoms with Gasteiger partial charge in [0.25, 0.3) is 5.91 Å². The Bertz CT molecular complexity index is 1420. The highest BCUT2D eigenvalue weighted by Crippen LogP contribution is 2.46. The summed E-state index contributed by atoms with van der Waals surface area (Å²) in [6, 6.07) is 6.45. The molecule has 2 aromatic carbocycles. The third-order valence-electron chi connectivity index (χ3n) is 7.34. The second kappa shape index (κ2) is 10.6. The number of anilines is 2. The van der Waals surface area contributed by atoms with Crippen molar-refractivity contribution >= 4 is 34.5 Å². The van der Waals surface area contributed by atoms with E-state index in [1.54, 1.807) is 0 Å². The average molecular weight is 565 g/mol. The number of ether oxygens (including phenoxy) is 1. The number of benzene rings is 2. The van der Waals surface area contributed by atoms with Crippen molar-refractivity contribution in [2.24, 2.45) is 11.3 Å². The minimum Gasteiger partial charge on any atom is -0.480 e. The molecule has 2 N–H and O–H groups in total. The van der Waals surface area contributed by atoms with Crippen LogP contribution in [0, 0.1) is 17.2 Å². The summed E-state index contributed by atoms with van der Waals surface area (Å²) in [6.07, 6.45) is -2.23. The van der Waals surface area contributed by atoms with Gasteiger partial charge in [-0.1, -0.05) is 20.8 Å². The molecule has 1 amide bonds. The molecule has 0 aliphatic heterocycles. The van der Waals surface area contributed by atoms with Crippen LogP contribution < -0.4 is 10.1 Å². The molecule has 0 spiro atoms. The number of carbonyl (C=O) groups is 2. The fourth-order valence-corrected chi connectivity index (χ4v) is 5.63. The Hall–Kier alpha value is -3.83. The summed E-state index contributed by atoms with van der Waals surface area (Å²) >= 11 is 0. The number of nitrogens with one attached hydrogen (secondary N) is 1. The molecule has 1 heterocycles. The first kappa shape index (κ1) is 29.2. The molecular formula is C28H32F4N4O4. The number of nitrogens with zero attached hydrogens (tertiary/aromatic N) is 3. The van der Waals surface area contributed by atoms with E-state index in [9.17, 15) is 27.9 Å². The highest BCUT2D eigenvalue weighted by atomic mass is 19.4. The molecule has 1 aliphatic rings. The maximum absolute atomic E-state index is 15.4. The second-order valence-corrected chi connectivity index (χ2v) is 11.3. The van der Waals surface area contributed by atoms with Gasteiger partial charge in [-0.3, -0.25) is 4.79 Å². The van der Waals surface area contributed by atoms with Crippen LogP contribution in [0.25, 0.3) is 11.0 Å². The molecule has 3 atom stereocenters. The van der Waals surface area contributed by atoms with Gasteiger partial charge in [0.2, 0.25) is 5.95 Å². The number of halogens is 4. The molecule has 216 valence electrons. The van der Waals surface area contributed by atoms with Crippen molar-refractivity contribution in [3.8, 4) is 5.75 Å². The van der Waals surface area contributed by atoms with Crippen LogP contribution in [0.1, 0.15) is 63.4 Å². The van der Waals surface area contributed by atoms with Crippen LogP contribution >= 0.6 is 0 Å². The number of aromatic nitrogens is 2. The molecule has 0 radical (unpaired) electrons. The van der Waals surface area contributed by atoms with Crippen LogP contribution in [0.5, 0.6) is 5.75 Å². The van der Waals surface area contributed by atoms with E-state index in [2.05, 4.69) is 35.8 Å². The number of likely N-dealkylation sites (N-methyl/N-ethyl adjacent to an activating group) is 1. The van der Waals surface area contributed by atoms with Crippen molar-refractivity contribution < 1.29 is 37.0 Å². The first-order valence-electron chi connectivity index (χ1n) is 12.9. The second-order valence-electron chi connectivity index (χ2n) is 11.3. The number of imidazole rings is 1. The number of hydrogen-bond donors (Lipinski definition) is 2. The number of rotatable bonds is 7. The van der Waals surface area contributed by atoms with Crippen LogP contribution in [-0.2, 0) is 4.79 Å². The molecule has 12 heteroatoms. The van der Waals surface area contributed by atoms with Crippen molar-refractivity contribution in [1.29, 1.82) is 0 Å². The Morgan fingerprint density at radius 2 is 1.85 bits per heavy atom. The summed E-state index contributed by atoms with van der Waals surface area (Å²) in [7, 11) is 1.29. The molecule has 1 unspecified atom stereocenters. The van der Waals surface area contributed by atoms with Crippen molar-refractivity contribution in [1.82, 2.24) is 14.5 Å². The van der Waals surface area contributed by atoms with Gasteiger partial charge in [-0.2, -0.15) is 0 Å². The van der Waals surface area contributed by atoms with Crippen LogP contribution in [0.15, 0.2) is 36.4 Å². The van der Waals surface area contributed by atoms with Crippen molar-refractivity contribution in [2.45, 2.75) is 65.4 Å². The zero-order chi connectivity index (χ0) is 29.6. The van der Waals surface area contributed by atoms with Gasteiger partial charge in [-0.25, -0.2) is 14.2 Å². The molecule has 8 nitrogen and oxygen atoms in total. The molecular weight excluding hydrogens is 532 g/mol. The zero-order valence-corrected chi connectivity index (χ0v) is 22.8. The molecule has 0 bridgehead atoms. The predicted molar refractivity (Wildman–Crippen MR) is 141 cm³/mol. The lowest BCUT2D eigenvalue weighted by Crippen LogP contribution is -2.40. The normalized spacial score (nSPS) is 19.7. The molecule has 40 heavy (non-hydrogen) atoms. The fraction of sp³-hybridized carbons (Fsp3) is 0.464. The van der Waals surface area contributed by atoms with Gasteiger partial charge in [0.15, 0.2) is 0 Å². The van der Waals surface area contributed by atoms with Gasteiger partial charge >= 0.3 is 12.3 Å². The lowest BCUT2D eigenvalue weighted by atomic mass is 9.70. The lowest BCUT2D eigenvalue weighted by molar-refractivity contribution is -0.274. The lowest BCUT2D eigenvalue weighted by Gasteiger charge is -2.40. The van der Waals surface area contributed by atoms with Gasteiger partial charge in [0.05, 0.1) is 16.6 Å². The Morgan fingerprint density at radius 1 is 1.20 bits per heavy atom. The summed E-state index contributed by atoms with van der Waals surface area (Å²) in [5.41, 5.74) is 0.872. The van der Waals surface area contributed by atoms with Crippen molar-refractivity contribution in [3.05, 3.63) is 47.8 Å². The minimum atomic E-state index is -4.82. The summed E-state index contributed by atoms with van der Waals surface area (Å²) < 4.78 is 59.0. The highest BCUT2D eigenvalue weighted by Gasteiger charge is 2.35. The van der Waals surface area contributed by atoms with Crippen LogP contribution in [-0.4, -0.2) is 50.9 Å². The summed E-state index contributed by atoms with van der Waals surface area (Å²) in [4.78, 5) is 29.9.